The fourth-order valence-corrected chi connectivity index (χ4v) is 3.75. The lowest BCUT2D eigenvalue weighted by atomic mass is 10.1. The Kier molecular flexibility index (Phi) is 4.07. The molecule has 2 aromatic rings. The second-order valence-corrected chi connectivity index (χ2v) is 6.93. The largest absolute Gasteiger partial charge is 0.305 e. The van der Waals surface area contributed by atoms with E-state index >= 15 is 0 Å². The Hall–Kier alpha value is -2.95. The van der Waals surface area contributed by atoms with E-state index < -0.39 is 0 Å². The molecule has 1 atom stereocenters. The van der Waals surface area contributed by atoms with Gasteiger partial charge in [0.15, 0.2) is 0 Å². The molecule has 2 aromatic carbocycles. The summed E-state index contributed by atoms with van der Waals surface area (Å²) in [6, 6.07) is 15.3. The van der Waals surface area contributed by atoms with Crippen molar-refractivity contribution in [3.05, 3.63) is 65.2 Å². The standard InChI is InChI=1S/C21H20N2O3/c1-14-12-17-4-2-3-5-18(17)23(14)21(26)16-8-6-15(7-9-16)13-22-19(24)10-11-20(22)25/h2-9,14H,10-13H2,1H3/t14-/m0/s1. The van der Waals surface area contributed by atoms with Crippen molar-refractivity contribution in [2.45, 2.75) is 38.8 Å². The van der Waals surface area contributed by atoms with Crippen LogP contribution in [0.2, 0.25) is 0 Å². The Balaban J connectivity index is 1.53. The molecule has 0 aromatic heterocycles. The van der Waals surface area contributed by atoms with Gasteiger partial charge in [-0.3, -0.25) is 19.3 Å². The first-order valence-corrected chi connectivity index (χ1v) is 8.88. The van der Waals surface area contributed by atoms with Gasteiger partial charge in [0.25, 0.3) is 5.91 Å². The molecule has 0 saturated carbocycles. The summed E-state index contributed by atoms with van der Waals surface area (Å²) in [7, 11) is 0. The van der Waals surface area contributed by atoms with Crippen molar-refractivity contribution >= 4 is 23.4 Å². The third kappa shape index (κ3) is 2.79. The molecule has 1 saturated heterocycles. The van der Waals surface area contributed by atoms with Crippen molar-refractivity contribution in [1.82, 2.24) is 4.90 Å². The fourth-order valence-electron chi connectivity index (χ4n) is 3.75. The molecule has 0 spiro atoms. The molecular formula is C21H20N2O3. The highest BCUT2D eigenvalue weighted by Gasteiger charge is 2.31. The predicted octanol–water partition coefficient (Wildman–Crippen LogP) is 2.93. The van der Waals surface area contributed by atoms with Gasteiger partial charge in [-0.1, -0.05) is 30.3 Å². The molecule has 5 nitrogen and oxygen atoms in total. The van der Waals surface area contributed by atoms with E-state index in [0.717, 1.165) is 17.7 Å². The number of hydrogen-bond donors (Lipinski definition) is 0. The zero-order chi connectivity index (χ0) is 18.3. The number of carbonyl (C=O) groups excluding carboxylic acids is 3. The molecule has 132 valence electrons. The smallest absolute Gasteiger partial charge is 0.258 e. The van der Waals surface area contributed by atoms with Crippen molar-refractivity contribution < 1.29 is 14.4 Å². The van der Waals surface area contributed by atoms with Crippen LogP contribution >= 0.6 is 0 Å². The van der Waals surface area contributed by atoms with Crippen LogP contribution in [0.5, 0.6) is 0 Å². The van der Waals surface area contributed by atoms with Crippen molar-refractivity contribution in [2.24, 2.45) is 0 Å². The summed E-state index contributed by atoms with van der Waals surface area (Å²) in [6.07, 6.45) is 1.45. The molecule has 1 fully saturated rings. The summed E-state index contributed by atoms with van der Waals surface area (Å²) in [5.74, 6) is -0.280. The van der Waals surface area contributed by atoms with Gasteiger partial charge in [-0.25, -0.2) is 0 Å². The highest BCUT2D eigenvalue weighted by Crippen LogP contribution is 2.33. The third-order valence-electron chi connectivity index (χ3n) is 5.12. The summed E-state index contributed by atoms with van der Waals surface area (Å²) in [4.78, 5) is 39.6. The number of imide groups is 1. The molecule has 0 aliphatic carbocycles. The molecule has 5 heteroatoms. The number of likely N-dealkylation sites (tertiary alicyclic amines) is 1. The Morgan fingerprint density at radius 3 is 2.35 bits per heavy atom. The molecule has 2 aliphatic heterocycles. The first-order valence-electron chi connectivity index (χ1n) is 8.88. The Bertz CT molecular complexity index is 872. The Morgan fingerprint density at radius 1 is 1.00 bits per heavy atom. The van der Waals surface area contributed by atoms with Crippen LogP contribution in [0, 0.1) is 0 Å². The minimum Gasteiger partial charge on any atom is -0.305 e. The van der Waals surface area contributed by atoms with Gasteiger partial charge < -0.3 is 4.90 Å². The maximum absolute atomic E-state index is 13.0. The lowest BCUT2D eigenvalue weighted by Crippen LogP contribution is -2.35. The normalized spacial score (nSPS) is 19.2. The number of fused-ring (bicyclic) bond motifs is 1. The monoisotopic (exact) mass is 348 g/mol. The lowest BCUT2D eigenvalue weighted by Gasteiger charge is -2.23. The topological polar surface area (TPSA) is 57.7 Å². The minimum absolute atomic E-state index is 0.0256. The first-order chi connectivity index (χ1) is 12.5. The van der Waals surface area contributed by atoms with Crippen LogP contribution in [-0.2, 0) is 22.6 Å². The van der Waals surface area contributed by atoms with Crippen LogP contribution in [0.3, 0.4) is 0 Å². The van der Waals surface area contributed by atoms with E-state index in [1.54, 1.807) is 12.1 Å². The Morgan fingerprint density at radius 2 is 1.65 bits per heavy atom. The first kappa shape index (κ1) is 16.5. The predicted molar refractivity (Wildman–Crippen MR) is 97.7 cm³/mol. The van der Waals surface area contributed by atoms with Crippen LogP contribution in [0.15, 0.2) is 48.5 Å². The zero-order valence-electron chi connectivity index (χ0n) is 14.6. The number of hydrogen-bond acceptors (Lipinski definition) is 3. The van der Waals surface area contributed by atoms with Crippen LogP contribution in [0.1, 0.15) is 41.3 Å². The molecule has 0 N–H and O–H groups in total. The number of amides is 3. The van der Waals surface area contributed by atoms with Gasteiger partial charge in [-0.2, -0.15) is 0 Å². The van der Waals surface area contributed by atoms with Crippen molar-refractivity contribution in [2.75, 3.05) is 4.90 Å². The number of anilines is 1. The number of benzene rings is 2. The Labute approximate surface area is 152 Å². The highest BCUT2D eigenvalue weighted by molar-refractivity contribution is 6.07. The SMILES string of the molecule is C[C@H]1Cc2ccccc2N1C(=O)c1ccc(CN2C(=O)CCC2=O)cc1. The average Bonchev–Trinajstić information content (AvgIpc) is 3.14. The van der Waals surface area contributed by atoms with Gasteiger partial charge in [0, 0.05) is 30.1 Å². The van der Waals surface area contributed by atoms with Gasteiger partial charge in [-0.05, 0) is 42.7 Å². The maximum atomic E-state index is 13.0. The number of rotatable bonds is 3. The molecule has 3 amide bonds. The van der Waals surface area contributed by atoms with E-state index in [1.807, 2.05) is 35.2 Å². The van der Waals surface area contributed by atoms with E-state index in [9.17, 15) is 14.4 Å². The second kappa shape index (κ2) is 6.41. The second-order valence-electron chi connectivity index (χ2n) is 6.93. The van der Waals surface area contributed by atoms with Crippen molar-refractivity contribution in [3.8, 4) is 0 Å². The third-order valence-corrected chi connectivity index (χ3v) is 5.12. The van der Waals surface area contributed by atoms with Crippen LogP contribution in [0.25, 0.3) is 0 Å². The highest BCUT2D eigenvalue weighted by atomic mass is 16.2. The molecule has 0 unspecified atom stereocenters. The maximum Gasteiger partial charge on any atom is 0.258 e. The molecule has 0 radical (unpaired) electrons. The summed E-state index contributed by atoms with van der Waals surface area (Å²) >= 11 is 0. The van der Waals surface area contributed by atoms with E-state index in [2.05, 4.69) is 13.0 Å². The van der Waals surface area contributed by atoms with Gasteiger partial charge in [0.05, 0.1) is 6.54 Å². The van der Waals surface area contributed by atoms with Gasteiger partial charge in [0.2, 0.25) is 11.8 Å². The summed E-state index contributed by atoms with van der Waals surface area (Å²) in [5, 5.41) is 0. The summed E-state index contributed by atoms with van der Waals surface area (Å²) in [6.45, 7) is 2.33. The lowest BCUT2D eigenvalue weighted by molar-refractivity contribution is -0.139. The quantitative estimate of drug-likeness (QED) is 0.802. The molecule has 26 heavy (non-hydrogen) atoms. The van der Waals surface area contributed by atoms with Gasteiger partial charge in [0.1, 0.15) is 0 Å². The van der Waals surface area contributed by atoms with E-state index in [-0.39, 0.29) is 30.3 Å². The number of nitrogens with zero attached hydrogens (tertiary/aromatic N) is 2. The molecule has 0 bridgehead atoms. The van der Waals surface area contributed by atoms with Crippen LogP contribution in [0.4, 0.5) is 5.69 Å². The van der Waals surface area contributed by atoms with Crippen LogP contribution < -0.4 is 4.90 Å². The fraction of sp³-hybridized carbons (Fsp3) is 0.286. The van der Waals surface area contributed by atoms with E-state index in [1.165, 1.54) is 10.5 Å². The molecule has 4 rings (SSSR count). The van der Waals surface area contributed by atoms with E-state index in [0.29, 0.717) is 18.4 Å². The molecule has 2 heterocycles. The van der Waals surface area contributed by atoms with Gasteiger partial charge in [-0.15, -0.1) is 0 Å². The minimum atomic E-state index is -0.127. The van der Waals surface area contributed by atoms with Gasteiger partial charge >= 0.3 is 0 Å². The molecular weight excluding hydrogens is 328 g/mol. The van der Waals surface area contributed by atoms with Crippen molar-refractivity contribution in [3.63, 3.8) is 0 Å². The van der Waals surface area contributed by atoms with Crippen molar-refractivity contribution in [1.29, 1.82) is 0 Å². The number of para-hydroxylation sites is 1. The van der Waals surface area contributed by atoms with E-state index in [4.69, 9.17) is 0 Å². The summed E-state index contributed by atoms with van der Waals surface area (Å²) < 4.78 is 0. The zero-order valence-corrected chi connectivity index (χ0v) is 14.6. The number of carbonyl (C=O) groups is 3. The molecule has 2 aliphatic rings. The average molecular weight is 348 g/mol. The van der Waals surface area contributed by atoms with Crippen LogP contribution in [-0.4, -0.2) is 28.7 Å². The summed E-state index contributed by atoms with van der Waals surface area (Å²) in [5.41, 5.74) is 3.62.